The predicted octanol–water partition coefficient (Wildman–Crippen LogP) is 4.19. The summed E-state index contributed by atoms with van der Waals surface area (Å²) in [6.45, 7) is 4.74. The topological polar surface area (TPSA) is 59.0 Å². The van der Waals surface area contributed by atoms with Gasteiger partial charge in [0.2, 0.25) is 0 Å². The Morgan fingerprint density at radius 3 is 2.17 bits per heavy atom. The summed E-state index contributed by atoms with van der Waals surface area (Å²) in [5.41, 5.74) is 4.96. The van der Waals surface area contributed by atoms with Crippen LogP contribution in [0.25, 0.3) is 0 Å². The summed E-state index contributed by atoms with van der Waals surface area (Å²) in [6, 6.07) is 15.7. The second-order valence-corrected chi connectivity index (χ2v) is 5.86. The SMILES string of the molecule is Cc1ccc(Cn2cc(NC(=O)Nc3ccc(C)cc3)cn2)cc1. The molecule has 122 valence electrons. The van der Waals surface area contributed by atoms with Crippen LogP contribution in [0.5, 0.6) is 0 Å². The Morgan fingerprint density at radius 1 is 0.917 bits per heavy atom. The zero-order valence-electron chi connectivity index (χ0n) is 13.8. The van der Waals surface area contributed by atoms with Crippen LogP contribution in [0.2, 0.25) is 0 Å². The van der Waals surface area contributed by atoms with E-state index in [9.17, 15) is 4.79 Å². The van der Waals surface area contributed by atoms with E-state index in [-0.39, 0.29) is 6.03 Å². The molecule has 2 amide bonds. The van der Waals surface area contributed by atoms with Crippen molar-refractivity contribution in [2.75, 3.05) is 10.6 Å². The van der Waals surface area contributed by atoms with Gasteiger partial charge in [0.25, 0.3) is 0 Å². The van der Waals surface area contributed by atoms with Crippen molar-refractivity contribution in [1.29, 1.82) is 0 Å². The number of rotatable bonds is 4. The van der Waals surface area contributed by atoms with Gasteiger partial charge in [0.15, 0.2) is 0 Å². The molecule has 0 saturated heterocycles. The van der Waals surface area contributed by atoms with Gasteiger partial charge in [0, 0.05) is 11.9 Å². The number of carbonyl (C=O) groups excluding carboxylic acids is 1. The lowest BCUT2D eigenvalue weighted by atomic mass is 10.1. The third-order valence-corrected chi connectivity index (χ3v) is 3.67. The van der Waals surface area contributed by atoms with Crippen molar-refractivity contribution in [2.45, 2.75) is 20.4 Å². The molecule has 0 atom stereocenters. The molecule has 0 fully saturated rings. The first-order valence-corrected chi connectivity index (χ1v) is 7.81. The van der Waals surface area contributed by atoms with Crippen LogP contribution in [0.4, 0.5) is 16.2 Å². The van der Waals surface area contributed by atoms with Gasteiger partial charge in [-0.3, -0.25) is 4.68 Å². The van der Waals surface area contributed by atoms with Crippen LogP contribution in [0.3, 0.4) is 0 Å². The zero-order valence-corrected chi connectivity index (χ0v) is 13.8. The van der Waals surface area contributed by atoms with Gasteiger partial charge < -0.3 is 10.6 Å². The Balaban J connectivity index is 1.58. The monoisotopic (exact) mass is 320 g/mol. The van der Waals surface area contributed by atoms with E-state index in [0.29, 0.717) is 12.2 Å². The summed E-state index contributed by atoms with van der Waals surface area (Å²) in [5.74, 6) is 0. The van der Waals surface area contributed by atoms with E-state index < -0.39 is 0 Å². The molecule has 3 rings (SSSR count). The van der Waals surface area contributed by atoms with Gasteiger partial charge in [-0.25, -0.2) is 4.79 Å². The Bertz CT molecular complexity index is 819. The van der Waals surface area contributed by atoms with E-state index in [1.54, 1.807) is 10.9 Å². The average molecular weight is 320 g/mol. The lowest BCUT2D eigenvalue weighted by molar-refractivity contribution is 0.262. The third-order valence-electron chi connectivity index (χ3n) is 3.67. The van der Waals surface area contributed by atoms with Crippen molar-refractivity contribution >= 4 is 17.4 Å². The van der Waals surface area contributed by atoms with Crippen molar-refractivity contribution in [3.8, 4) is 0 Å². The molecular formula is C19H20N4O. The van der Waals surface area contributed by atoms with Crippen LogP contribution < -0.4 is 10.6 Å². The minimum absolute atomic E-state index is 0.284. The van der Waals surface area contributed by atoms with Gasteiger partial charge >= 0.3 is 6.03 Å². The fraction of sp³-hybridized carbons (Fsp3) is 0.158. The quantitative estimate of drug-likeness (QED) is 0.757. The van der Waals surface area contributed by atoms with Crippen molar-refractivity contribution in [2.24, 2.45) is 0 Å². The molecule has 3 aromatic rings. The summed E-state index contributed by atoms with van der Waals surface area (Å²) < 4.78 is 1.80. The second-order valence-electron chi connectivity index (χ2n) is 5.86. The Kier molecular flexibility index (Phi) is 4.61. The molecule has 0 aliphatic carbocycles. The number of carbonyl (C=O) groups is 1. The Hall–Kier alpha value is -3.08. The number of hydrogen-bond acceptors (Lipinski definition) is 2. The maximum Gasteiger partial charge on any atom is 0.323 e. The summed E-state index contributed by atoms with van der Waals surface area (Å²) in [7, 11) is 0. The van der Waals surface area contributed by atoms with Gasteiger partial charge in [0.05, 0.1) is 18.4 Å². The molecule has 0 unspecified atom stereocenters. The number of hydrogen-bond donors (Lipinski definition) is 2. The smallest absolute Gasteiger partial charge is 0.308 e. The Labute approximate surface area is 141 Å². The van der Waals surface area contributed by atoms with Crippen molar-refractivity contribution < 1.29 is 4.79 Å². The highest BCUT2D eigenvalue weighted by Gasteiger charge is 2.05. The maximum absolute atomic E-state index is 12.0. The summed E-state index contributed by atoms with van der Waals surface area (Å²) in [4.78, 5) is 12.0. The molecular weight excluding hydrogens is 300 g/mol. The maximum atomic E-state index is 12.0. The molecule has 2 aromatic carbocycles. The number of nitrogens with one attached hydrogen (secondary N) is 2. The van der Waals surface area contributed by atoms with Crippen LogP contribution in [0.15, 0.2) is 60.9 Å². The molecule has 2 N–H and O–H groups in total. The first-order chi connectivity index (χ1) is 11.6. The summed E-state index contributed by atoms with van der Waals surface area (Å²) in [5, 5.41) is 9.86. The van der Waals surface area contributed by atoms with Crippen LogP contribution in [0, 0.1) is 13.8 Å². The highest BCUT2D eigenvalue weighted by Crippen LogP contribution is 2.11. The fourth-order valence-electron chi connectivity index (χ4n) is 2.33. The normalized spacial score (nSPS) is 10.4. The zero-order chi connectivity index (χ0) is 16.9. The van der Waals surface area contributed by atoms with E-state index in [0.717, 1.165) is 11.3 Å². The second kappa shape index (κ2) is 7.00. The molecule has 0 radical (unpaired) electrons. The van der Waals surface area contributed by atoms with Crippen LogP contribution in [-0.4, -0.2) is 15.8 Å². The third kappa shape index (κ3) is 4.23. The Morgan fingerprint density at radius 2 is 1.50 bits per heavy atom. The van der Waals surface area contributed by atoms with Gasteiger partial charge in [-0.15, -0.1) is 0 Å². The molecule has 1 aromatic heterocycles. The fourth-order valence-corrected chi connectivity index (χ4v) is 2.33. The number of aromatic nitrogens is 2. The van der Waals surface area contributed by atoms with E-state index >= 15 is 0 Å². The minimum atomic E-state index is -0.284. The number of amides is 2. The molecule has 0 spiro atoms. The number of anilines is 2. The first kappa shape index (κ1) is 15.8. The summed E-state index contributed by atoms with van der Waals surface area (Å²) in [6.07, 6.45) is 3.46. The van der Waals surface area contributed by atoms with E-state index in [4.69, 9.17) is 0 Å². The van der Waals surface area contributed by atoms with Crippen molar-refractivity contribution in [3.05, 3.63) is 77.6 Å². The standard InChI is InChI=1S/C19H20N4O/c1-14-3-7-16(8-4-14)12-23-13-18(11-20-23)22-19(24)21-17-9-5-15(2)6-10-17/h3-11,13H,12H2,1-2H3,(H2,21,22,24). The lowest BCUT2D eigenvalue weighted by Gasteiger charge is -2.06. The molecule has 0 bridgehead atoms. The average Bonchev–Trinajstić information content (AvgIpc) is 2.99. The van der Waals surface area contributed by atoms with Gasteiger partial charge in [0.1, 0.15) is 0 Å². The van der Waals surface area contributed by atoms with Gasteiger partial charge in [-0.2, -0.15) is 5.10 Å². The number of urea groups is 1. The highest BCUT2D eigenvalue weighted by atomic mass is 16.2. The molecule has 5 heteroatoms. The summed E-state index contributed by atoms with van der Waals surface area (Å²) >= 11 is 0. The minimum Gasteiger partial charge on any atom is -0.308 e. The molecule has 5 nitrogen and oxygen atoms in total. The van der Waals surface area contributed by atoms with Gasteiger partial charge in [-0.1, -0.05) is 47.5 Å². The number of aryl methyl sites for hydroxylation is 2. The molecule has 0 aliphatic rings. The van der Waals surface area contributed by atoms with Crippen LogP contribution in [0.1, 0.15) is 16.7 Å². The molecule has 0 aliphatic heterocycles. The lowest BCUT2D eigenvalue weighted by Crippen LogP contribution is -2.19. The van der Waals surface area contributed by atoms with Crippen LogP contribution >= 0.6 is 0 Å². The first-order valence-electron chi connectivity index (χ1n) is 7.81. The van der Waals surface area contributed by atoms with E-state index in [1.807, 2.05) is 37.4 Å². The van der Waals surface area contributed by atoms with Crippen molar-refractivity contribution in [3.63, 3.8) is 0 Å². The van der Waals surface area contributed by atoms with E-state index in [1.165, 1.54) is 11.1 Å². The van der Waals surface area contributed by atoms with Crippen LogP contribution in [-0.2, 0) is 6.54 Å². The van der Waals surface area contributed by atoms with Gasteiger partial charge in [-0.05, 0) is 31.5 Å². The van der Waals surface area contributed by atoms with Crippen molar-refractivity contribution in [1.82, 2.24) is 9.78 Å². The predicted molar refractivity (Wildman–Crippen MR) is 96.3 cm³/mol. The number of benzene rings is 2. The molecule has 24 heavy (non-hydrogen) atoms. The molecule has 0 saturated carbocycles. The van der Waals surface area contributed by atoms with E-state index in [2.05, 4.69) is 46.9 Å². The largest absolute Gasteiger partial charge is 0.323 e. The molecule has 1 heterocycles. The highest BCUT2D eigenvalue weighted by molar-refractivity contribution is 5.99. The number of nitrogens with zero attached hydrogens (tertiary/aromatic N) is 2.